The Labute approximate surface area is 181 Å². The van der Waals surface area contributed by atoms with E-state index in [-0.39, 0.29) is 19.0 Å². The van der Waals surface area contributed by atoms with Gasteiger partial charge in [0.2, 0.25) is 21.8 Å². The van der Waals surface area contributed by atoms with Gasteiger partial charge in [0.25, 0.3) is 0 Å². The molecule has 1 aromatic rings. The van der Waals surface area contributed by atoms with Gasteiger partial charge in [-0.15, -0.1) is 0 Å². The number of sulfonamides is 1. The largest absolute Gasteiger partial charge is 0.497 e. The fourth-order valence-electron chi connectivity index (χ4n) is 3.94. The molecule has 0 aliphatic carbocycles. The number of nitrogens with one attached hydrogen (secondary N) is 3. The SMILES string of the molecule is COc1ccc(CCNC(=O)C2CCCN(S(=O)(=O)C3C(=O)NC(=O)NC3C)C2)cc1. The van der Waals surface area contributed by atoms with E-state index in [9.17, 15) is 22.8 Å². The molecule has 0 radical (unpaired) electrons. The van der Waals surface area contributed by atoms with Crippen LogP contribution in [0.5, 0.6) is 5.75 Å². The van der Waals surface area contributed by atoms with Crippen LogP contribution in [0.15, 0.2) is 24.3 Å². The number of imide groups is 1. The molecule has 2 heterocycles. The Morgan fingerprint density at radius 1 is 1.26 bits per heavy atom. The molecule has 10 nitrogen and oxygen atoms in total. The predicted octanol–water partition coefficient (Wildman–Crippen LogP) is -0.00780. The van der Waals surface area contributed by atoms with E-state index in [0.717, 1.165) is 11.3 Å². The van der Waals surface area contributed by atoms with Crippen molar-refractivity contribution in [1.82, 2.24) is 20.3 Å². The minimum Gasteiger partial charge on any atom is -0.497 e. The van der Waals surface area contributed by atoms with E-state index in [4.69, 9.17) is 4.74 Å². The topological polar surface area (TPSA) is 134 Å². The van der Waals surface area contributed by atoms with Crippen LogP contribution in [0, 0.1) is 5.92 Å². The summed E-state index contributed by atoms with van der Waals surface area (Å²) in [5.41, 5.74) is 1.05. The number of amides is 4. The number of piperidine rings is 1. The summed E-state index contributed by atoms with van der Waals surface area (Å²) in [6, 6.07) is 5.99. The van der Waals surface area contributed by atoms with Gasteiger partial charge >= 0.3 is 6.03 Å². The highest BCUT2D eigenvalue weighted by molar-refractivity contribution is 7.90. The molecular formula is C20H28N4O6S. The molecule has 2 aliphatic rings. The fourth-order valence-corrected chi connectivity index (χ4v) is 5.94. The van der Waals surface area contributed by atoms with Crippen LogP contribution in [0.4, 0.5) is 4.79 Å². The van der Waals surface area contributed by atoms with Crippen LogP contribution in [-0.2, 0) is 26.0 Å². The van der Waals surface area contributed by atoms with Crippen molar-refractivity contribution in [2.75, 3.05) is 26.7 Å². The zero-order valence-electron chi connectivity index (χ0n) is 17.6. The normalized spacial score (nSPS) is 24.8. The highest BCUT2D eigenvalue weighted by Gasteiger charge is 2.46. The van der Waals surface area contributed by atoms with E-state index >= 15 is 0 Å². The zero-order chi connectivity index (χ0) is 22.6. The predicted molar refractivity (Wildman–Crippen MR) is 113 cm³/mol. The van der Waals surface area contributed by atoms with Crippen molar-refractivity contribution < 1.29 is 27.5 Å². The first-order chi connectivity index (χ1) is 14.7. The Morgan fingerprint density at radius 3 is 2.61 bits per heavy atom. The Bertz CT molecular complexity index is 933. The van der Waals surface area contributed by atoms with Gasteiger partial charge in [0.1, 0.15) is 5.75 Å². The van der Waals surface area contributed by atoms with Crippen molar-refractivity contribution >= 4 is 27.9 Å². The number of ether oxygens (including phenoxy) is 1. The Morgan fingerprint density at radius 2 is 1.97 bits per heavy atom. The van der Waals surface area contributed by atoms with Crippen LogP contribution >= 0.6 is 0 Å². The van der Waals surface area contributed by atoms with Crippen molar-refractivity contribution in [3.63, 3.8) is 0 Å². The number of urea groups is 1. The van der Waals surface area contributed by atoms with Gasteiger partial charge in [0.15, 0.2) is 5.25 Å². The van der Waals surface area contributed by atoms with Gasteiger partial charge in [-0.05, 0) is 43.9 Å². The maximum atomic E-state index is 13.1. The Hall–Kier alpha value is -2.66. The van der Waals surface area contributed by atoms with Crippen molar-refractivity contribution in [2.45, 2.75) is 37.5 Å². The highest BCUT2D eigenvalue weighted by atomic mass is 32.2. The van der Waals surface area contributed by atoms with Crippen LogP contribution in [0.25, 0.3) is 0 Å². The lowest BCUT2D eigenvalue weighted by Gasteiger charge is -2.36. The van der Waals surface area contributed by atoms with E-state index in [1.807, 2.05) is 29.6 Å². The summed E-state index contributed by atoms with van der Waals surface area (Å²) in [5, 5.41) is 5.89. The first-order valence-electron chi connectivity index (χ1n) is 10.2. The number of benzene rings is 1. The van der Waals surface area contributed by atoms with Crippen LogP contribution in [-0.4, -0.2) is 68.6 Å². The second kappa shape index (κ2) is 9.65. The monoisotopic (exact) mass is 452 g/mol. The minimum atomic E-state index is -4.03. The van der Waals surface area contributed by atoms with Gasteiger partial charge in [-0.25, -0.2) is 17.5 Å². The molecule has 2 saturated heterocycles. The summed E-state index contributed by atoms with van der Waals surface area (Å²) in [7, 11) is -2.43. The van der Waals surface area contributed by atoms with Crippen molar-refractivity contribution in [2.24, 2.45) is 5.92 Å². The maximum Gasteiger partial charge on any atom is 0.321 e. The number of carbonyl (C=O) groups excluding carboxylic acids is 3. The summed E-state index contributed by atoms with van der Waals surface area (Å²) in [6.07, 6.45) is 1.73. The standard InChI is InChI=1S/C20H28N4O6S/c1-13-17(19(26)23-20(27)22-13)31(28,29)24-11-3-4-15(12-24)18(25)21-10-9-14-5-7-16(30-2)8-6-14/h5-8,13,15,17H,3-4,9-12H2,1-2H3,(H,21,25)(H2,22,23,26,27). The fraction of sp³-hybridized carbons (Fsp3) is 0.550. The first-order valence-corrected chi connectivity index (χ1v) is 11.7. The number of hydrogen-bond donors (Lipinski definition) is 3. The number of nitrogens with zero attached hydrogens (tertiary/aromatic N) is 1. The zero-order valence-corrected chi connectivity index (χ0v) is 18.4. The molecule has 3 unspecified atom stereocenters. The molecule has 3 atom stereocenters. The summed E-state index contributed by atoms with van der Waals surface area (Å²) in [6.45, 7) is 2.16. The Kier molecular flexibility index (Phi) is 7.16. The van der Waals surface area contributed by atoms with E-state index in [1.54, 1.807) is 7.11 Å². The molecule has 3 N–H and O–H groups in total. The first kappa shape index (κ1) is 23.0. The van der Waals surface area contributed by atoms with Gasteiger partial charge in [0.05, 0.1) is 19.1 Å². The molecule has 3 rings (SSSR count). The molecule has 170 valence electrons. The van der Waals surface area contributed by atoms with Crippen molar-refractivity contribution in [3.05, 3.63) is 29.8 Å². The lowest BCUT2D eigenvalue weighted by molar-refractivity contribution is -0.126. The molecule has 0 spiro atoms. The average Bonchev–Trinajstić information content (AvgIpc) is 2.73. The van der Waals surface area contributed by atoms with Crippen LogP contribution in [0.2, 0.25) is 0 Å². The van der Waals surface area contributed by atoms with Gasteiger partial charge < -0.3 is 15.4 Å². The second-order valence-electron chi connectivity index (χ2n) is 7.80. The molecule has 2 fully saturated rings. The Balaban J connectivity index is 1.57. The molecule has 2 aliphatic heterocycles. The van der Waals surface area contributed by atoms with E-state index in [2.05, 4.69) is 10.6 Å². The quantitative estimate of drug-likeness (QED) is 0.533. The van der Waals surface area contributed by atoms with Crippen LogP contribution in [0.3, 0.4) is 0 Å². The number of hydrogen-bond acceptors (Lipinski definition) is 6. The van der Waals surface area contributed by atoms with Crippen molar-refractivity contribution in [3.8, 4) is 5.75 Å². The minimum absolute atomic E-state index is 0.0150. The second-order valence-corrected chi connectivity index (χ2v) is 9.86. The van der Waals surface area contributed by atoms with Crippen LogP contribution < -0.4 is 20.7 Å². The average molecular weight is 453 g/mol. The molecule has 11 heteroatoms. The summed E-state index contributed by atoms with van der Waals surface area (Å²) < 4.78 is 32.4. The molecule has 4 amide bonds. The number of rotatable bonds is 7. The lowest BCUT2D eigenvalue weighted by Crippen LogP contribution is -2.65. The molecule has 1 aromatic carbocycles. The van der Waals surface area contributed by atoms with Gasteiger partial charge in [-0.2, -0.15) is 0 Å². The lowest BCUT2D eigenvalue weighted by atomic mass is 9.99. The molecule has 0 saturated carbocycles. The smallest absolute Gasteiger partial charge is 0.321 e. The van der Waals surface area contributed by atoms with E-state index in [1.165, 1.54) is 11.2 Å². The summed E-state index contributed by atoms with van der Waals surface area (Å²) in [4.78, 5) is 36.2. The maximum absolute atomic E-state index is 13.1. The molecule has 31 heavy (non-hydrogen) atoms. The van der Waals surface area contributed by atoms with E-state index < -0.39 is 39.2 Å². The third kappa shape index (κ3) is 5.34. The molecule has 0 aromatic heterocycles. The van der Waals surface area contributed by atoms with Gasteiger partial charge in [-0.3, -0.25) is 14.9 Å². The van der Waals surface area contributed by atoms with Crippen LogP contribution in [0.1, 0.15) is 25.3 Å². The van der Waals surface area contributed by atoms with E-state index in [0.29, 0.717) is 25.8 Å². The summed E-state index contributed by atoms with van der Waals surface area (Å²) >= 11 is 0. The third-order valence-electron chi connectivity index (χ3n) is 5.62. The van der Waals surface area contributed by atoms with Crippen molar-refractivity contribution in [1.29, 1.82) is 0 Å². The molecular weight excluding hydrogens is 424 g/mol. The third-order valence-corrected chi connectivity index (χ3v) is 7.93. The summed E-state index contributed by atoms with van der Waals surface area (Å²) in [5.74, 6) is -0.780. The highest BCUT2D eigenvalue weighted by Crippen LogP contribution is 2.24. The molecule has 0 bridgehead atoms. The van der Waals surface area contributed by atoms with Gasteiger partial charge in [-0.1, -0.05) is 12.1 Å². The number of carbonyl (C=O) groups is 3. The number of methoxy groups -OCH3 is 1. The van der Waals surface area contributed by atoms with Gasteiger partial charge in [0, 0.05) is 19.6 Å².